The number of nitrogens with zero attached hydrogens (tertiary/aromatic N) is 2. The Kier molecular flexibility index (Phi) is 7.42. The Hall–Kier alpha value is -3.46. The van der Waals surface area contributed by atoms with E-state index in [1.807, 2.05) is 0 Å². The van der Waals surface area contributed by atoms with Crippen molar-refractivity contribution in [3.63, 3.8) is 0 Å². The molecule has 4 aromatic rings. The van der Waals surface area contributed by atoms with Gasteiger partial charge >= 0.3 is 0 Å². The van der Waals surface area contributed by atoms with Gasteiger partial charge in [-0.25, -0.2) is 0 Å². The number of hydrogen-bond acceptors (Lipinski definition) is 3. The Balaban J connectivity index is 1.85. The average Bonchev–Trinajstić information content (AvgIpc) is 2.89. The van der Waals surface area contributed by atoms with E-state index in [4.69, 9.17) is 5.73 Å². The summed E-state index contributed by atoms with van der Waals surface area (Å²) in [6, 6.07) is 31.0. The molecule has 0 heterocycles. The van der Waals surface area contributed by atoms with Crippen molar-refractivity contribution in [1.82, 2.24) is 0 Å². The lowest BCUT2D eigenvalue weighted by Gasteiger charge is -2.25. The lowest BCUT2D eigenvalue weighted by atomic mass is 9.82. The first-order valence-corrected chi connectivity index (χ1v) is 12.6. The van der Waals surface area contributed by atoms with Gasteiger partial charge in [-0.2, -0.15) is 0 Å². The molecule has 34 heavy (non-hydrogen) atoms. The molecule has 0 bridgehead atoms. The van der Waals surface area contributed by atoms with Crippen LogP contribution in [0.15, 0.2) is 84.9 Å². The summed E-state index contributed by atoms with van der Waals surface area (Å²) in [5.41, 5.74) is 13.6. The van der Waals surface area contributed by atoms with E-state index < -0.39 is 0 Å². The summed E-state index contributed by atoms with van der Waals surface area (Å²) in [6.07, 6.45) is 0. The summed E-state index contributed by atoms with van der Waals surface area (Å²) < 4.78 is 0. The maximum absolute atomic E-state index is 6.36. The molecule has 0 fully saturated rings. The Morgan fingerprint density at radius 3 is 1.44 bits per heavy atom. The highest BCUT2D eigenvalue weighted by Crippen LogP contribution is 2.38. The summed E-state index contributed by atoms with van der Waals surface area (Å²) in [5.74, 6) is 0.127. The summed E-state index contributed by atoms with van der Waals surface area (Å²) in [7, 11) is 0. The van der Waals surface area contributed by atoms with E-state index in [1.165, 1.54) is 33.5 Å². The van der Waals surface area contributed by atoms with E-state index in [-0.39, 0.29) is 5.92 Å². The van der Waals surface area contributed by atoms with Gasteiger partial charge in [0.05, 0.1) is 0 Å². The fourth-order valence-corrected chi connectivity index (χ4v) is 5.08. The molecule has 176 valence electrons. The van der Waals surface area contributed by atoms with Crippen LogP contribution >= 0.6 is 0 Å². The molecule has 0 aromatic heterocycles. The van der Waals surface area contributed by atoms with Gasteiger partial charge in [-0.3, -0.25) is 0 Å². The van der Waals surface area contributed by atoms with Gasteiger partial charge in [0.25, 0.3) is 0 Å². The van der Waals surface area contributed by atoms with Crippen molar-refractivity contribution >= 4 is 27.8 Å². The number of hydrogen-bond donors (Lipinski definition) is 1. The molecule has 2 N–H and O–H groups in total. The van der Waals surface area contributed by atoms with Crippen LogP contribution in [0.5, 0.6) is 0 Å². The van der Waals surface area contributed by atoms with Gasteiger partial charge in [-0.1, -0.05) is 54.6 Å². The molecule has 0 aliphatic rings. The molecular formula is C31H37N3. The van der Waals surface area contributed by atoms with E-state index in [1.54, 1.807) is 0 Å². The molecule has 0 amide bonds. The van der Waals surface area contributed by atoms with Crippen LogP contribution in [0.2, 0.25) is 0 Å². The summed E-state index contributed by atoms with van der Waals surface area (Å²) >= 11 is 0. The Morgan fingerprint density at radius 1 is 0.559 bits per heavy atom. The minimum absolute atomic E-state index is 0.127. The van der Waals surface area contributed by atoms with Gasteiger partial charge < -0.3 is 15.5 Å². The van der Waals surface area contributed by atoms with Gasteiger partial charge in [0, 0.05) is 54.5 Å². The molecule has 0 unspecified atom stereocenters. The fourth-order valence-electron chi connectivity index (χ4n) is 5.08. The Bertz CT molecular complexity index is 1150. The van der Waals surface area contributed by atoms with E-state index in [2.05, 4.69) is 122 Å². The van der Waals surface area contributed by atoms with Crippen LogP contribution in [0, 0.1) is 0 Å². The van der Waals surface area contributed by atoms with E-state index in [0.29, 0.717) is 0 Å². The second-order valence-corrected chi connectivity index (χ2v) is 8.75. The summed E-state index contributed by atoms with van der Waals surface area (Å²) in [5, 5.41) is 2.33. The van der Waals surface area contributed by atoms with Crippen molar-refractivity contribution in [2.75, 3.05) is 41.7 Å². The quantitative estimate of drug-likeness (QED) is 0.214. The van der Waals surface area contributed by atoms with Gasteiger partial charge in [0.1, 0.15) is 0 Å². The van der Waals surface area contributed by atoms with Crippen molar-refractivity contribution in [2.24, 2.45) is 0 Å². The van der Waals surface area contributed by atoms with Gasteiger partial charge in [-0.05, 0) is 80.1 Å². The van der Waals surface area contributed by atoms with Gasteiger partial charge in [0.15, 0.2) is 0 Å². The van der Waals surface area contributed by atoms with Crippen LogP contribution in [-0.4, -0.2) is 26.2 Å². The highest BCUT2D eigenvalue weighted by molar-refractivity contribution is 5.96. The molecule has 0 saturated carbocycles. The molecule has 4 aromatic carbocycles. The molecule has 3 nitrogen and oxygen atoms in total. The van der Waals surface area contributed by atoms with Crippen molar-refractivity contribution < 1.29 is 0 Å². The zero-order valence-electron chi connectivity index (χ0n) is 21.0. The van der Waals surface area contributed by atoms with Crippen LogP contribution in [0.1, 0.15) is 50.3 Å². The van der Waals surface area contributed by atoms with E-state index >= 15 is 0 Å². The number of rotatable bonds is 9. The Morgan fingerprint density at radius 2 is 1.00 bits per heavy atom. The minimum atomic E-state index is 0.127. The number of nitrogens with two attached hydrogens (primary N) is 1. The second-order valence-electron chi connectivity index (χ2n) is 8.75. The number of benzene rings is 4. The summed E-state index contributed by atoms with van der Waals surface area (Å²) in [4.78, 5) is 4.77. The predicted octanol–water partition coefficient (Wildman–Crippen LogP) is 7.29. The third-order valence-electron chi connectivity index (χ3n) is 7.01. The fraction of sp³-hybridized carbons (Fsp3) is 0.290. The molecule has 0 radical (unpaired) electrons. The van der Waals surface area contributed by atoms with Gasteiger partial charge in [-0.15, -0.1) is 0 Å². The van der Waals surface area contributed by atoms with Crippen molar-refractivity contribution in [3.05, 3.63) is 102 Å². The second kappa shape index (κ2) is 10.6. The van der Waals surface area contributed by atoms with Gasteiger partial charge in [0.2, 0.25) is 0 Å². The van der Waals surface area contributed by atoms with Crippen molar-refractivity contribution in [3.8, 4) is 0 Å². The smallest absolute Gasteiger partial charge is 0.0393 e. The SMILES string of the molecule is CCN(CC)c1ccc(C(c2ccc(N(CC)CC)cc2)c2ccc(N)c3ccccc23)cc1. The highest BCUT2D eigenvalue weighted by Gasteiger charge is 2.20. The highest BCUT2D eigenvalue weighted by atomic mass is 15.1. The average molecular weight is 452 g/mol. The summed E-state index contributed by atoms with van der Waals surface area (Å²) in [6.45, 7) is 12.9. The van der Waals surface area contributed by atoms with Crippen LogP contribution in [0.25, 0.3) is 10.8 Å². The van der Waals surface area contributed by atoms with Crippen LogP contribution in [-0.2, 0) is 0 Å². The molecule has 0 saturated heterocycles. The van der Waals surface area contributed by atoms with E-state index in [0.717, 1.165) is 37.3 Å². The molecule has 0 atom stereocenters. The van der Waals surface area contributed by atoms with Crippen molar-refractivity contribution in [1.29, 1.82) is 0 Å². The Labute approximate surface area is 204 Å². The zero-order chi connectivity index (χ0) is 24.1. The molecule has 4 rings (SSSR count). The monoisotopic (exact) mass is 451 g/mol. The third-order valence-corrected chi connectivity index (χ3v) is 7.01. The maximum Gasteiger partial charge on any atom is 0.0393 e. The normalized spacial score (nSPS) is 11.2. The van der Waals surface area contributed by atoms with Crippen molar-refractivity contribution in [2.45, 2.75) is 33.6 Å². The molecule has 0 spiro atoms. The van der Waals surface area contributed by atoms with Crippen LogP contribution in [0.3, 0.4) is 0 Å². The molecular weight excluding hydrogens is 414 g/mol. The third kappa shape index (κ3) is 4.61. The maximum atomic E-state index is 6.36. The molecule has 0 aliphatic heterocycles. The number of nitrogen functional groups attached to an aromatic ring is 1. The number of anilines is 3. The standard InChI is InChI=1S/C31H37N3/c1-5-33(6-2)25-17-13-23(14-18-25)31(24-15-19-26(20-16-24)34(7-3)8-4)29-21-22-30(32)28-12-10-9-11-27(28)29/h9-22,31H,5-8,32H2,1-4H3. The van der Waals surface area contributed by atoms with Crippen LogP contribution in [0.4, 0.5) is 17.1 Å². The lowest BCUT2D eigenvalue weighted by molar-refractivity contribution is 0.863. The topological polar surface area (TPSA) is 32.5 Å². The van der Waals surface area contributed by atoms with Crippen LogP contribution < -0.4 is 15.5 Å². The van der Waals surface area contributed by atoms with E-state index in [9.17, 15) is 0 Å². The first kappa shape index (κ1) is 23.7. The number of fused-ring (bicyclic) bond motifs is 1. The molecule has 0 aliphatic carbocycles. The first-order valence-electron chi connectivity index (χ1n) is 12.6. The predicted molar refractivity (Wildman–Crippen MR) is 149 cm³/mol. The lowest BCUT2D eigenvalue weighted by Crippen LogP contribution is -2.22. The molecule has 3 heteroatoms. The minimum Gasteiger partial charge on any atom is -0.398 e. The largest absolute Gasteiger partial charge is 0.398 e. The zero-order valence-corrected chi connectivity index (χ0v) is 21.0. The first-order chi connectivity index (χ1) is 16.6.